The van der Waals surface area contributed by atoms with Gasteiger partial charge in [-0.2, -0.15) is 0 Å². The average Bonchev–Trinajstić information content (AvgIpc) is 2.58. The number of carbonyl (C=O) groups is 1. The van der Waals surface area contributed by atoms with Crippen LogP contribution < -0.4 is 5.30 Å². The summed E-state index contributed by atoms with van der Waals surface area (Å²) in [6, 6.07) is 6.37. The molecule has 0 unspecified atom stereocenters. The van der Waals surface area contributed by atoms with Crippen LogP contribution in [0.5, 0.6) is 0 Å². The molecular weight excluding hydrogens is 382 g/mol. The van der Waals surface area contributed by atoms with Crippen LogP contribution in [-0.2, 0) is 13.6 Å². The number of hydrogen-bond acceptors (Lipinski definition) is 4. The second-order valence-electron chi connectivity index (χ2n) is 4.97. The molecular formula is C18H21Cl2O4P. The lowest BCUT2D eigenvalue weighted by Crippen LogP contribution is -2.13. The van der Waals surface area contributed by atoms with Crippen LogP contribution in [0.15, 0.2) is 58.6 Å². The Balaban J connectivity index is 3.23. The number of allylic oxidation sites excluding steroid dienone is 5. The Kier molecular flexibility index (Phi) is 8.84. The molecule has 0 aromatic heterocycles. The van der Waals surface area contributed by atoms with Gasteiger partial charge in [0.25, 0.3) is 0 Å². The van der Waals surface area contributed by atoms with Crippen molar-refractivity contribution in [1.29, 1.82) is 0 Å². The number of rotatable bonds is 9. The smallest absolute Gasteiger partial charge is 0.305 e. The molecule has 7 heteroatoms. The van der Waals surface area contributed by atoms with Gasteiger partial charge in [0.1, 0.15) is 0 Å². The maximum Gasteiger partial charge on any atom is 0.361 e. The molecule has 0 fully saturated rings. The lowest BCUT2D eigenvalue weighted by atomic mass is 10.0. The predicted octanol–water partition coefficient (Wildman–Crippen LogP) is 5.58. The minimum Gasteiger partial charge on any atom is -0.305 e. The maximum atomic E-state index is 12.8. The van der Waals surface area contributed by atoms with Gasteiger partial charge in [-0.05, 0) is 45.1 Å². The first-order chi connectivity index (χ1) is 11.7. The van der Waals surface area contributed by atoms with Gasteiger partial charge in [-0.1, -0.05) is 41.9 Å². The summed E-state index contributed by atoms with van der Waals surface area (Å²) in [5.74, 6) is -0.295. The van der Waals surface area contributed by atoms with E-state index in [1.165, 1.54) is 18.2 Å². The largest absolute Gasteiger partial charge is 0.361 e. The Hall–Kier alpha value is -1.16. The molecule has 0 heterocycles. The van der Waals surface area contributed by atoms with Crippen molar-refractivity contribution >= 4 is 41.9 Å². The first-order valence-corrected chi connectivity index (χ1v) is 9.98. The summed E-state index contributed by atoms with van der Waals surface area (Å²) in [5.41, 5.74) is 0.668. The first-order valence-electron chi connectivity index (χ1n) is 7.68. The van der Waals surface area contributed by atoms with Crippen LogP contribution in [0.1, 0.15) is 31.1 Å². The minimum atomic E-state index is -3.46. The standard InChI is InChI=1S/C18H21Cl2O4P/c1-5-23-25(22,24-6-2)16-9-7-8-15(12-16)18(21)14(4)17(20)11-10-13(3)19/h7-12H,3,5-6H2,1-2,4H3/b11-10-,17-14-. The molecule has 1 rings (SSSR count). The summed E-state index contributed by atoms with van der Waals surface area (Å²) in [7, 11) is -3.46. The summed E-state index contributed by atoms with van der Waals surface area (Å²) in [6.07, 6.45) is 2.99. The molecule has 1 aromatic rings. The summed E-state index contributed by atoms with van der Waals surface area (Å²) >= 11 is 11.8. The van der Waals surface area contributed by atoms with Gasteiger partial charge in [0.15, 0.2) is 5.78 Å². The van der Waals surface area contributed by atoms with Gasteiger partial charge >= 0.3 is 7.60 Å². The Labute approximate surface area is 158 Å². The second kappa shape index (κ2) is 10.1. The zero-order valence-corrected chi connectivity index (χ0v) is 16.8. The Morgan fingerprint density at radius 1 is 1.20 bits per heavy atom. The topological polar surface area (TPSA) is 52.6 Å². The Morgan fingerprint density at radius 2 is 1.80 bits per heavy atom. The summed E-state index contributed by atoms with van der Waals surface area (Å²) in [5, 5.41) is 0.875. The number of benzene rings is 1. The van der Waals surface area contributed by atoms with Crippen LogP contribution in [-0.4, -0.2) is 19.0 Å². The lowest BCUT2D eigenvalue weighted by Gasteiger charge is -2.17. The number of halogens is 2. The van der Waals surface area contributed by atoms with Crippen LogP contribution in [0, 0.1) is 0 Å². The molecule has 0 bridgehead atoms. The van der Waals surface area contributed by atoms with Gasteiger partial charge in [0.05, 0.1) is 18.5 Å². The molecule has 136 valence electrons. The van der Waals surface area contributed by atoms with E-state index in [0.29, 0.717) is 21.5 Å². The third kappa shape index (κ3) is 6.25. The highest BCUT2D eigenvalue weighted by Crippen LogP contribution is 2.46. The van der Waals surface area contributed by atoms with E-state index in [9.17, 15) is 9.36 Å². The fraction of sp³-hybridized carbons (Fsp3) is 0.278. The second-order valence-corrected chi connectivity index (χ2v) is 7.89. The van der Waals surface area contributed by atoms with Gasteiger partial charge in [-0.25, -0.2) is 0 Å². The minimum absolute atomic E-state index is 0.229. The van der Waals surface area contributed by atoms with Crippen molar-refractivity contribution in [3.05, 3.63) is 64.2 Å². The van der Waals surface area contributed by atoms with E-state index in [4.69, 9.17) is 32.2 Å². The maximum absolute atomic E-state index is 12.8. The number of carbonyl (C=O) groups excluding carboxylic acids is 1. The highest BCUT2D eigenvalue weighted by molar-refractivity contribution is 7.62. The molecule has 0 aliphatic heterocycles. The molecule has 0 aliphatic rings. The third-order valence-electron chi connectivity index (χ3n) is 3.13. The normalized spacial score (nSPS) is 13.0. The Bertz CT molecular complexity index is 743. The van der Waals surface area contributed by atoms with E-state index in [2.05, 4.69) is 6.58 Å². The summed E-state index contributed by atoms with van der Waals surface area (Å²) in [6.45, 7) is 9.03. The van der Waals surface area contributed by atoms with Crippen LogP contribution in [0.2, 0.25) is 0 Å². The van der Waals surface area contributed by atoms with E-state index in [0.717, 1.165) is 0 Å². The van der Waals surface area contributed by atoms with Crippen molar-refractivity contribution in [3.63, 3.8) is 0 Å². The van der Waals surface area contributed by atoms with Crippen molar-refractivity contribution < 1.29 is 18.4 Å². The van der Waals surface area contributed by atoms with E-state index in [1.807, 2.05) is 0 Å². The molecule has 0 saturated heterocycles. The highest BCUT2D eigenvalue weighted by atomic mass is 35.5. The van der Waals surface area contributed by atoms with E-state index < -0.39 is 7.60 Å². The average molecular weight is 403 g/mol. The predicted molar refractivity (Wildman–Crippen MR) is 104 cm³/mol. The van der Waals surface area contributed by atoms with Crippen LogP contribution >= 0.6 is 30.8 Å². The molecule has 0 saturated carbocycles. The molecule has 0 radical (unpaired) electrons. The summed E-state index contributed by atoms with van der Waals surface area (Å²) < 4.78 is 23.5. The highest BCUT2D eigenvalue weighted by Gasteiger charge is 2.27. The molecule has 0 aliphatic carbocycles. The van der Waals surface area contributed by atoms with Crippen LogP contribution in [0.4, 0.5) is 0 Å². The fourth-order valence-electron chi connectivity index (χ4n) is 1.96. The monoisotopic (exact) mass is 402 g/mol. The van der Waals surface area contributed by atoms with E-state index in [1.54, 1.807) is 39.0 Å². The van der Waals surface area contributed by atoms with Crippen molar-refractivity contribution in [3.8, 4) is 0 Å². The molecule has 1 aromatic carbocycles. The van der Waals surface area contributed by atoms with Gasteiger partial charge in [-0.15, -0.1) is 0 Å². The van der Waals surface area contributed by atoms with Crippen molar-refractivity contribution in [2.24, 2.45) is 0 Å². The zero-order valence-electron chi connectivity index (χ0n) is 14.4. The molecule has 0 amide bonds. The quantitative estimate of drug-likeness (QED) is 0.234. The number of Topliss-reactive ketones (excluding diaryl/α,β-unsaturated/α-hetero) is 1. The van der Waals surface area contributed by atoms with Crippen molar-refractivity contribution in [2.45, 2.75) is 20.8 Å². The SMILES string of the molecule is C=C(Cl)/C=C\C(Cl)=C(/C)C(=O)c1cccc(P(=O)(OCC)OCC)c1. The third-order valence-corrected chi connectivity index (χ3v) is 5.77. The molecule has 0 atom stereocenters. The van der Waals surface area contributed by atoms with Gasteiger partial charge < -0.3 is 9.05 Å². The van der Waals surface area contributed by atoms with E-state index in [-0.39, 0.29) is 24.0 Å². The van der Waals surface area contributed by atoms with Crippen LogP contribution in [0.3, 0.4) is 0 Å². The molecule has 25 heavy (non-hydrogen) atoms. The van der Waals surface area contributed by atoms with E-state index >= 15 is 0 Å². The molecule has 0 N–H and O–H groups in total. The summed E-state index contributed by atoms with van der Waals surface area (Å²) in [4.78, 5) is 12.6. The van der Waals surface area contributed by atoms with Gasteiger partial charge in [0.2, 0.25) is 0 Å². The van der Waals surface area contributed by atoms with Gasteiger partial charge in [0, 0.05) is 21.2 Å². The Morgan fingerprint density at radius 3 is 2.32 bits per heavy atom. The van der Waals surface area contributed by atoms with Crippen LogP contribution in [0.25, 0.3) is 0 Å². The van der Waals surface area contributed by atoms with Crippen molar-refractivity contribution in [2.75, 3.05) is 13.2 Å². The lowest BCUT2D eigenvalue weighted by molar-refractivity contribution is 0.103. The first kappa shape index (κ1) is 21.9. The molecule has 0 spiro atoms. The fourth-order valence-corrected chi connectivity index (χ4v) is 3.79. The number of hydrogen-bond donors (Lipinski definition) is 0. The van der Waals surface area contributed by atoms with Crippen molar-refractivity contribution in [1.82, 2.24) is 0 Å². The zero-order chi connectivity index (χ0) is 19.0. The molecule has 4 nitrogen and oxygen atoms in total. The van der Waals surface area contributed by atoms with Gasteiger partial charge in [-0.3, -0.25) is 9.36 Å². The number of ketones is 1.